The van der Waals surface area contributed by atoms with Crippen LogP contribution in [0.2, 0.25) is 0 Å². The van der Waals surface area contributed by atoms with E-state index in [0.29, 0.717) is 25.1 Å². The fourth-order valence-corrected chi connectivity index (χ4v) is 4.78. The van der Waals surface area contributed by atoms with E-state index in [4.69, 9.17) is 0 Å². The smallest absolute Gasteiger partial charge is 0.326 e. The lowest BCUT2D eigenvalue weighted by Gasteiger charge is -2.33. The van der Waals surface area contributed by atoms with Crippen LogP contribution in [0.5, 0.6) is 0 Å². The lowest BCUT2D eigenvalue weighted by Crippen LogP contribution is -2.47. The first-order valence-electron chi connectivity index (χ1n) is 12.7. The Balaban J connectivity index is 1.32. The van der Waals surface area contributed by atoms with Gasteiger partial charge in [0.15, 0.2) is 0 Å². The topological polar surface area (TPSA) is 99.5 Å². The van der Waals surface area contributed by atoms with Gasteiger partial charge in [-0.05, 0) is 49.1 Å². The summed E-state index contributed by atoms with van der Waals surface area (Å²) in [6.07, 6.45) is 9.13. The number of amides is 1. The zero-order valence-electron chi connectivity index (χ0n) is 21.4. The number of nitrogens with one attached hydrogen (secondary N) is 2. The maximum atomic E-state index is 13.0. The summed E-state index contributed by atoms with van der Waals surface area (Å²) >= 11 is 0. The lowest BCUT2D eigenvalue weighted by atomic mass is 9.94. The predicted octanol–water partition coefficient (Wildman–Crippen LogP) is 4.03. The third-order valence-corrected chi connectivity index (χ3v) is 6.80. The highest BCUT2D eigenvalue weighted by atomic mass is 16.4. The number of nitrogens with zero attached hydrogens (tertiary/aromatic N) is 3. The van der Waals surface area contributed by atoms with Gasteiger partial charge in [-0.2, -0.15) is 0 Å². The van der Waals surface area contributed by atoms with Crippen LogP contribution in [0.4, 0.5) is 11.4 Å². The number of anilines is 2. The van der Waals surface area contributed by atoms with Crippen molar-refractivity contribution in [2.45, 2.75) is 38.8 Å². The molecule has 1 unspecified atom stereocenters. The van der Waals surface area contributed by atoms with Gasteiger partial charge >= 0.3 is 5.97 Å². The molecule has 2 aromatic carbocycles. The van der Waals surface area contributed by atoms with Crippen LogP contribution in [-0.4, -0.2) is 52.7 Å². The Labute approximate surface area is 218 Å². The minimum Gasteiger partial charge on any atom is -0.480 e. The van der Waals surface area contributed by atoms with Gasteiger partial charge in [0, 0.05) is 56.6 Å². The van der Waals surface area contributed by atoms with Crippen LogP contribution >= 0.6 is 0 Å². The summed E-state index contributed by atoms with van der Waals surface area (Å²) in [5, 5.41) is 15.7. The third kappa shape index (κ3) is 6.78. The number of imidazole rings is 1. The molecule has 8 nitrogen and oxygen atoms in total. The number of piperidine rings is 1. The molecular weight excluding hydrogens is 466 g/mol. The molecular formula is C29H35N5O3. The second-order valence-electron chi connectivity index (χ2n) is 9.41. The molecule has 3 N–H and O–H groups in total. The first-order chi connectivity index (χ1) is 18.0. The van der Waals surface area contributed by atoms with Gasteiger partial charge in [-0.25, -0.2) is 9.78 Å². The summed E-state index contributed by atoms with van der Waals surface area (Å²) < 4.78 is 1.92. The molecule has 0 radical (unpaired) electrons. The predicted molar refractivity (Wildman–Crippen MR) is 147 cm³/mol. The summed E-state index contributed by atoms with van der Waals surface area (Å²) in [7, 11) is 1.91. The second-order valence-corrected chi connectivity index (χ2v) is 9.41. The monoisotopic (exact) mass is 501 g/mol. The maximum Gasteiger partial charge on any atom is 0.326 e. The van der Waals surface area contributed by atoms with Crippen LogP contribution in [0.15, 0.2) is 67.1 Å². The molecule has 1 saturated heterocycles. The third-order valence-electron chi connectivity index (χ3n) is 6.80. The van der Waals surface area contributed by atoms with Crippen molar-refractivity contribution < 1.29 is 14.7 Å². The highest BCUT2D eigenvalue weighted by Crippen LogP contribution is 2.28. The standard InChI is InChI=1S/C29H35N5O3/c1-3-7-23-16-25(10-11-26(23)30-2)34-14-12-22(13-15-34)28(35)32-27(29(36)37)17-24-19-33(20-31-24)18-21-8-5-4-6-9-21/h3-11,16,19-20,22,27,30H,12-15,17-18H2,1-2H3,(H,32,35)(H,36,37)/b7-3-. The Morgan fingerprint density at radius 1 is 1.16 bits per heavy atom. The molecule has 2 heterocycles. The summed E-state index contributed by atoms with van der Waals surface area (Å²) in [6, 6.07) is 15.3. The Morgan fingerprint density at radius 3 is 2.59 bits per heavy atom. The largest absolute Gasteiger partial charge is 0.480 e. The summed E-state index contributed by atoms with van der Waals surface area (Å²) in [4.78, 5) is 31.6. The van der Waals surface area contributed by atoms with Crippen LogP contribution in [0.3, 0.4) is 0 Å². The molecule has 37 heavy (non-hydrogen) atoms. The minimum absolute atomic E-state index is 0.146. The molecule has 0 saturated carbocycles. The van der Waals surface area contributed by atoms with Gasteiger partial charge in [-0.15, -0.1) is 0 Å². The van der Waals surface area contributed by atoms with Gasteiger partial charge in [-0.1, -0.05) is 42.5 Å². The number of carbonyl (C=O) groups excluding carboxylic acids is 1. The van der Waals surface area contributed by atoms with E-state index in [9.17, 15) is 14.7 Å². The number of carboxylic acid groups (broad SMARTS) is 1. The normalized spacial score (nSPS) is 15.0. The first-order valence-corrected chi connectivity index (χ1v) is 12.7. The summed E-state index contributed by atoms with van der Waals surface area (Å²) in [5.41, 5.74) is 5.09. The summed E-state index contributed by atoms with van der Waals surface area (Å²) in [6.45, 7) is 4.14. The Hall–Kier alpha value is -4.07. The average molecular weight is 502 g/mol. The quantitative estimate of drug-likeness (QED) is 0.388. The number of aromatic nitrogens is 2. The number of hydrogen-bond donors (Lipinski definition) is 3. The van der Waals surface area contributed by atoms with Crippen LogP contribution in [-0.2, 0) is 22.6 Å². The Bertz CT molecular complexity index is 1230. The highest BCUT2D eigenvalue weighted by Gasteiger charge is 2.29. The molecule has 0 aliphatic carbocycles. The van der Waals surface area contributed by atoms with Gasteiger partial charge < -0.3 is 25.2 Å². The number of carboxylic acids is 1. The van der Waals surface area contributed by atoms with E-state index >= 15 is 0 Å². The van der Waals surface area contributed by atoms with Gasteiger partial charge in [-0.3, -0.25) is 4.79 Å². The van der Waals surface area contributed by atoms with E-state index in [1.54, 1.807) is 6.33 Å². The van der Waals surface area contributed by atoms with Crippen molar-refractivity contribution in [3.8, 4) is 0 Å². The molecule has 1 fully saturated rings. The van der Waals surface area contributed by atoms with E-state index in [2.05, 4.69) is 44.8 Å². The molecule has 1 atom stereocenters. The van der Waals surface area contributed by atoms with E-state index in [1.807, 2.05) is 61.1 Å². The van der Waals surface area contributed by atoms with Crippen molar-refractivity contribution in [3.63, 3.8) is 0 Å². The fraction of sp³-hybridized carbons (Fsp3) is 0.345. The number of aliphatic carboxylic acids is 1. The number of carbonyl (C=O) groups is 2. The van der Waals surface area contributed by atoms with Gasteiger partial charge in [0.1, 0.15) is 6.04 Å². The Morgan fingerprint density at radius 2 is 1.92 bits per heavy atom. The second kappa shape index (κ2) is 12.3. The van der Waals surface area contributed by atoms with Crippen molar-refractivity contribution >= 4 is 29.3 Å². The number of rotatable bonds is 10. The van der Waals surface area contributed by atoms with Crippen LogP contribution in [0, 0.1) is 5.92 Å². The molecule has 194 valence electrons. The molecule has 1 aromatic heterocycles. The molecule has 8 heteroatoms. The van der Waals surface area contributed by atoms with Crippen LogP contribution in [0.25, 0.3) is 6.08 Å². The van der Waals surface area contributed by atoms with Crippen LogP contribution in [0.1, 0.15) is 36.6 Å². The maximum absolute atomic E-state index is 13.0. The van der Waals surface area contributed by atoms with E-state index in [1.165, 1.54) is 0 Å². The van der Waals surface area contributed by atoms with Gasteiger partial charge in [0.25, 0.3) is 0 Å². The van der Waals surface area contributed by atoms with Crippen LogP contribution < -0.4 is 15.5 Å². The summed E-state index contributed by atoms with van der Waals surface area (Å²) in [5.74, 6) is -1.46. The molecule has 1 aliphatic rings. The highest BCUT2D eigenvalue weighted by molar-refractivity contribution is 5.85. The minimum atomic E-state index is -1.05. The fourth-order valence-electron chi connectivity index (χ4n) is 4.78. The molecule has 1 aliphatic heterocycles. The van der Waals surface area contributed by atoms with Gasteiger partial charge in [0.2, 0.25) is 5.91 Å². The number of benzene rings is 2. The van der Waals surface area contributed by atoms with Crippen molar-refractivity contribution in [3.05, 3.63) is 84.0 Å². The van der Waals surface area contributed by atoms with Crippen molar-refractivity contribution in [2.75, 3.05) is 30.4 Å². The average Bonchev–Trinajstić information content (AvgIpc) is 3.35. The first kappa shape index (κ1) is 26.0. The molecule has 3 aromatic rings. The van der Waals surface area contributed by atoms with Crippen molar-refractivity contribution in [1.29, 1.82) is 0 Å². The van der Waals surface area contributed by atoms with E-state index in [0.717, 1.165) is 35.6 Å². The zero-order valence-corrected chi connectivity index (χ0v) is 21.4. The SMILES string of the molecule is C/C=C\c1cc(N2CCC(C(=O)NC(Cc3cn(Cc4ccccc4)cn3)C(=O)O)CC2)ccc1NC. The molecule has 1 amide bonds. The van der Waals surface area contributed by atoms with Gasteiger partial charge in [0.05, 0.1) is 12.0 Å². The molecule has 0 bridgehead atoms. The van der Waals surface area contributed by atoms with E-state index in [-0.39, 0.29) is 18.2 Å². The molecule has 0 spiro atoms. The van der Waals surface area contributed by atoms with Crippen molar-refractivity contribution in [1.82, 2.24) is 14.9 Å². The zero-order chi connectivity index (χ0) is 26.2. The number of allylic oxidation sites excluding steroid dienone is 1. The molecule has 4 rings (SSSR count). The Kier molecular flexibility index (Phi) is 8.61. The van der Waals surface area contributed by atoms with E-state index < -0.39 is 12.0 Å². The number of hydrogen-bond acceptors (Lipinski definition) is 5. The lowest BCUT2D eigenvalue weighted by molar-refractivity contribution is -0.142. The van der Waals surface area contributed by atoms with Crippen molar-refractivity contribution in [2.24, 2.45) is 5.92 Å².